The summed E-state index contributed by atoms with van der Waals surface area (Å²) in [4.78, 5) is 38.2. The number of allylic oxidation sites excluding steroid dienone is 2. The lowest BCUT2D eigenvalue weighted by Gasteiger charge is -2.38. The van der Waals surface area contributed by atoms with Gasteiger partial charge in [0.05, 0.1) is 11.2 Å². The molecule has 2 heterocycles. The lowest BCUT2D eigenvalue weighted by Crippen LogP contribution is -2.53. The van der Waals surface area contributed by atoms with Crippen LogP contribution in [0.5, 0.6) is 0 Å². The van der Waals surface area contributed by atoms with Crippen molar-refractivity contribution in [3.63, 3.8) is 0 Å². The second kappa shape index (κ2) is 9.02. The molecule has 0 N–H and O–H groups in total. The third kappa shape index (κ3) is 4.18. The van der Waals surface area contributed by atoms with Gasteiger partial charge in [0, 0.05) is 54.9 Å². The number of para-hydroxylation sites is 1. The van der Waals surface area contributed by atoms with Crippen LogP contribution in [0, 0.1) is 11.8 Å². The first-order chi connectivity index (χ1) is 16.1. The fraction of sp³-hybridized carbons (Fsp3) is 0.308. The van der Waals surface area contributed by atoms with Gasteiger partial charge in [-0.25, -0.2) is 9.97 Å². The molecular formula is C26H25N4O3-. The van der Waals surface area contributed by atoms with Gasteiger partial charge in [-0.15, -0.1) is 0 Å². The highest BCUT2D eigenvalue weighted by Gasteiger charge is 2.34. The predicted octanol–water partition coefficient (Wildman–Crippen LogP) is 2.28. The van der Waals surface area contributed by atoms with E-state index < -0.39 is 17.8 Å². The number of anilines is 1. The average molecular weight is 442 g/mol. The van der Waals surface area contributed by atoms with Crippen molar-refractivity contribution in [2.75, 3.05) is 31.1 Å². The first-order valence-electron chi connectivity index (χ1n) is 11.3. The van der Waals surface area contributed by atoms with Gasteiger partial charge in [0.1, 0.15) is 0 Å². The summed E-state index contributed by atoms with van der Waals surface area (Å²) in [5, 5.41) is 12.5. The van der Waals surface area contributed by atoms with Gasteiger partial charge in [0.2, 0.25) is 11.9 Å². The van der Waals surface area contributed by atoms with Crippen molar-refractivity contribution in [2.24, 2.45) is 11.8 Å². The number of amides is 1. The third-order valence-electron chi connectivity index (χ3n) is 6.57. The number of carboxylic acids is 1. The molecule has 3 aromatic rings. The van der Waals surface area contributed by atoms with E-state index in [1.807, 2.05) is 66.7 Å². The molecule has 0 spiro atoms. The molecule has 1 saturated heterocycles. The molecule has 33 heavy (non-hydrogen) atoms. The van der Waals surface area contributed by atoms with E-state index in [9.17, 15) is 14.7 Å². The smallest absolute Gasteiger partial charge is 0.226 e. The Kier molecular flexibility index (Phi) is 5.77. The number of nitrogens with zero attached hydrogens (tertiary/aromatic N) is 4. The molecule has 0 bridgehead atoms. The van der Waals surface area contributed by atoms with Crippen molar-refractivity contribution in [2.45, 2.75) is 12.8 Å². The Hall–Kier alpha value is -3.74. The van der Waals surface area contributed by atoms with E-state index in [2.05, 4.69) is 4.90 Å². The van der Waals surface area contributed by atoms with Crippen LogP contribution in [-0.2, 0) is 9.59 Å². The van der Waals surface area contributed by atoms with Crippen LogP contribution in [0.4, 0.5) is 5.95 Å². The van der Waals surface area contributed by atoms with Crippen molar-refractivity contribution in [3.05, 3.63) is 66.7 Å². The fourth-order valence-corrected chi connectivity index (χ4v) is 4.73. The standard InChI is InChI=1S/C26H26N4O3/c31-24(19-10-4-5-11-20(19)25(32)33)29-14-16-30(17-15-29)26-27-22-13-7-6-12-21(22)23(28-26)18-8-2-1-3-9-18/h1-9,12-13,19-20H,10-11,14-17H2,(H,32,33)/p-1/t19-,20+/m0/s1. The van der Waals surface area contributed by atoms with E-state index in [1.54, 1.807) is 4.90 Å². The highest BCUT2D eigenvalue weighted by atomic mass is 16.4. The van der Waals surface area contributed by atoms with Crippen molar-refractivity contribution < 1.29 is 14.7 Å². The molecule has 168 valence electrons. The summed E-state index contributed by atoms with van der Waals surface area (Å²) >= 11 is 0. The third-order valence-corrected chi connectivity index (χ3v) is 6.57. The average Bonchev–Trinajstić information content (AvgIpc) is 2.88. The van der Waals surface area contributed by atoms with Crippen LogP contribution in [0.2, 0.25) is 0 Å². The summed E-state index contributed by atoms with van der Waals surface area (Å²) in [6, 6.07) is 18.0. The van der Waals surface area contributed by atoms with Crippen molar-refractivity contribution in [3.8, 4) is 11.3 Å². The number of hydrogen-bond acceptors (Lipinski definition) is 6. The first kappa shape index (κ1) is 21.1. The van der Waals surface area contributed by atoms with E-state index in [1.165, 1.54) is 0 Å². The minimum atomic E-state index is -1.14. The van der Waals surface area contributed by atoms with Gasteiger partial charge in [0.25, 0.3) is 0 Å². The first-order valence-corrected chi connectivity index (χ1v) is 11.3. The van der Waals surface area contributed by atoms with E-state index in [-0.39, 0.29) is 5.91 Å². The molecule has 0 radical (unpaired) electrons. The Morgan fingerprint density at radius 2 is 1.48 bits per heavy atom. The van der Waals surface area contributed by atoms with Gasteiger partial charge < -0.3 is 19.7 Å². The number of carbonyl (C=O) groups is 2. The van der Waals surface area contributed by atoms with Crippen molar-refractivity contribution in [1.82, 2.24) is 14.9 Å². The van der Waals surface area contributed by atoms with E-state index in [4.69, 9.17) is 9.97 Å². The normalized spacial score (nSPS) is 20.7. The van der Waals surface area contributed by atoms with Crippen LogP contribution in [0.25, 0.3) is 22.2 Å². The number of rotatable bonds is 4. The SMILES string of the molecule is O=C([O-])[C@@H]1CC=CC[C@@H]1C(=O)N1CCN(c2nc(-c3ccccc3)c3ccccc3n2)CC1. The van der Waals surface area contributed by atoms with Crippen LogP contribution in [-0.4, -0.2) is 52.9 Å². The number of hydrogen-bond donors (Lipinski definition) is 0. The quantitative estimate of drug-likeness (QED) is 0.577. The fourth-order valence-electron chi connectivity index (χ4n) is 4.73. The lowest BCUT2D eigenvalue weighted by atomic mass is 9.82. The number of benzene rings is 2. The predicted molar refractivity (Wildman–Crippen MR) is 124 cm³/mol. The van der Waals surface area contributed by atoms with Crippen LogP contribution >= 0.6 is 0 Å². The molecule has 2 atom stereocenters. The minimum absolute atomic E-state index is 0.0994. The summed E-state index contributed by atoms with van der Waals surface area (Å²) < 4.78 is 0. The molecular weight excluding hydrogens is 416 g/mol. The maximum absolute atomic E-state index is 13.1. The minimum Gasteiger partial charge on any atom is -0.550 e. The molecule has 7 nitrogen and oxygen atoms in total. The van der Waals surface area contributed by atoms with Crippen molar-refractivity contribution >= 4 is 28.7 Å². The maximum atomic E-state index is 13.1. The molecule has 1 aliphatic carbocycles. The lowest BCUT2D eigenvalue weighted by molar-refractivity contribution is -0.313. The topological polar surface area (TPSA) is 89.5 Å². The largest absolute Gasteiger partial charge is 0.550 e. The Labute approximate surface area is 192 Å². The van der Waals surface area contributed by atoms with Gasteiger partial charge in [-0.2, -0.15) is 0 Å². The molecule has 5 rings (SSSR count). The summed E-state index contributed by atoms with van der Waals surface area (Å²) in [7, 11) is 0. The number of fused-ring (bicyclic) bond motifs is 1. The van der Waals surface area contributed by atoms with E-state index >= 15 is 0 Å². The number of aromatic nitrogens is 2. The Balaban J connectivity index is 1.36. The zero-order valence-electron chi connectivity index (χ0n) is 18.3. The summed E-state index contributed by atoms with van der Waals surface area (Å²) in [6.45, 7) is 2.21. The molecule has 0 saturated carbocycles. The Morgan fingerprint density at radius 1 is 0.818 bits per heavy atom. The summed E-state index contributed by atoms with van der Waals surface area (Å²) in [6.07, 6.45) is 4.52. The molecule has 7 heteroatoms. The van der Waals surface area contributed by atoms with E-state index in [0.717, 1.165) is 22.2 Å². The van der Waals surface area contributed by atoms with Gasteiger partial charge in [0.15, 0.2) is 0 Å². The number of carbonyl (C=O) groups excluding carboxylic acids is 2. The summed E-state index contributed by atoms with van der Waals surface area (Å²) in [5.41, 5.74) is 2.80. The van der Waals surface area contributed by atoms with Gasteiger partial charge in [-0.05, 0) is 18.9 Å². The number of carboxylic acid groups (broad SMARTS) is 1. The van der Waals surface area contributed by atoms with Gasteiger partial charge >= 0.3 is 0 Å². The zero-order chi connectivity index (χ0) is 22.8. The Bertz CT molecular complexity index is 1200. The number of piperazine rings is 1. The molecule has 1 aromatic heterocycles. The number of aliphatic carboxylic acids is 1. The molecule has 1 aliphatic heterocycles. The van der Waals surface area contributed by atoms with Gasteiger partial charge in [-0.3, -0.25) is 4.79 Å². The molecule has 2 aromatic carbocycles. The molecule has 1 fully saturated rings. The molecule has 2 aliphatic rings. The van der Waals surface area contributed by atoms with Gasteiger partial charge in [-0.1, -0.05) is 60.7 Å². The van der Waals surface area contributed by atoms with Crippen molar-refractivity contribution in [1.29, 1.82) is 0 Å². The van der Waals surface area contributed by atoms with E-state index in [0.29, 0.717) is 45.0 Å². The van der Waals surface area contributed by atoms with Crippen LogP contribution in [0.1, 0.15) is 12.8 Å². The van der Waals surface area contributed by atoms with Crippen LogP contribution in [0.3, 0.4) is 0 Å². The zero-order valence-corrected chi connectivity index (χ0v) is 18.3. The second-order valence-corrected chi connectivity index (χ2v) is 8.54. The Morgan fingerprint density at radius 3 is 2.21 bits per heavy atom. The molecule has 1 amide bonds. The van der Waals surface area contributed by atoms with Crippen LogP contribution in [0.15, 0.2) is 66.7 Å². The maximum Gasteiger partial charge on any atom is 0.226 e. The highest BCUT2D eigenvalue weighted by Crippen LogP contribution is 2.30. The second-order valence-electron chi connectivity index (χ2n) is 8.54. The summed E-state index contributed by atoms with van der Waals surface area (Å²) in [5.74, 6) is -1.90. The molecule has 0 unspecified atom stereocenters. The van der Waals surface area contributed by atoms with Crippen LogP contribution < -0.4 is 10.0 Å². The monoisotopic (exact) mass is 441 g/mol. The highest BCUT2D eigenvalue weighted by molar-refractivity contribution is 5.93.